The zero-order valence-electron chi connectivity index (χ0n) is 8.45. The van der Waals surface area contributed by atoms with Gasteiger partial charge in [0.25, 0.3) is 0 Å². The van der Waals surface area contributed by atoms with Crippen LogP contribution in [0.4, 0.5) is 0 Å². The molecule has 0 aliphatic rings. The van der Waals surface area contributed by atoms with Crippen LogP contribution >= 0.6 is 0 Å². The Morgan fingerprint density at radius 3 is 2.46 bits per heavy atom. The molecule has 0 aliphatic carbocycles. The maximum atomic E-state index is 10.5. The molecule has 0 saturated carbocycles. The minimum atomic E-state index is -1.33. The maximum absolute atomic E-state index is 10.5. The van der Waals surface area contributed by atoms with Crippen molar-refractivity contribution in [3.05, 3.63) is 12.2 Å². The van der Waals surface area contributed by atoms with Crippen LogP contribution in [0, 0.1) is 5.41 Å². The van der Waals surface area contributed by atoms with E-state index in [1.54, 1.807) is 19.9 Å². The van der Waals surface area contributed by atoms with Gasteiger partial charge in [-0.1, -0.05) is 39.3 Å². The van der Waals surface area contributed by atoms with Gasteiger partial charge in [-0.2, -0.15) is 0 Å². The van der Waals surface area contributed by atoms with Crippen molar-refractivity contribution in [3.63, 3.8) is 0 Å². The number of rotatable bonds is 5. The van der Waals surface area contributed by atoms with Crippen LogP contribution in [0.2, 0.25) is 0 Å². The second-order valence-corrected chi connectivity index (χ2v) is 3.75. The van der Waals surface area contributed by atoms with Crippen LogP contribution in [0.25, 0.3) is 0 Å². The van der Waals surface area contributed by atoms with E-state index in [1.165, 1.54) is 0 Å². The van der Waals surface area contributed by atoms with Crippen LogP contribution in [-0.2, 0) is 4.79 Å². The quantitative estimate of drug-likeness (QED) is 0.644. The Morgan fingerprint density at radius 1 is 1.54 bits per heavy atom. The van der Waals surface area contributed by atoms with Gasteiger partial charge in [-0.3, -0.25) is 0 Å². The van der Waals surface area contributed by atoms with Crippen LogP contribution < -0.4 is 0 Å². The lowest BCUT2D eigenvalue weighted by Gasteiger charge is -2.23. The van der Waals surface area contributed by atoms with E-state index in [0.717, 1.165) is 12.8 Å². The molecule has 0 spiro atoms. The normalized spacial score (nSPS) is 14.8. The van der Waals surface area contributed by atoms with E-state index >= 15 is 0 Å². The van der Waals surface area contributed by atoms with Gasteiger partial charge >= 0.3 is 5.97 Å². The van der Waals surface area contributed by atoms with Crippen molar-refractivity contribution in [3.8, 4) is 0 Å². The summed E-state index contributed by atoms with van der Waals surface area (Å²) in [6.45, 7) is 5.46. The number of aliphatic hydroxyl groups is 1. The molecular formula is C10H18O3. The van der Waals surface area contributed by atoms with Crippen molar-refractivity contribution in [1.82, 2.24) is 0 Å². The first kappa shape index (κ1) is 12.2. The summed E-state index contributed by atoms with van der Waals surface area (Å²) in [5.41, 5.74) is -0.693. The largest absolute Gasteiger partial charge is 0.479 e. The summed E-state index contributed by atoms with van der Waals surface area (Å²) in [5, 5.41) is 17.9. The van der Waals surface area contributed by atoms with E-state index in [-0.39, 0.29) is 0 Å². The molecule has 3 heteroatoms. The lowest BCUT2D eigenvalue weighted by molar-refractivity contribution is -0.151. The number of carbonyl (C=O) groups is 1. The molecule has 0 aliphatic heterocycles. The summed E-state index contributed by atoms with van der Waals surface area (Å²) in [6, 6.07) is 0. The average Bonchev–Trinajstić information content (AvgIpc) is 2.03. The van der Waals surface area contributed by atoms with Crippen LogP contribution in [0.5, 0.6) is 0 Å². The molecule has 3 nitrogen and oxygen atoms in total. The first-order valence-electron chi connectivity index (χ1n) is 4.50. The van der Waals surface area contributed by atoms with Gasteiger partial charge in [-0.05, 0) is 6.42 Å². The van der Waals surface area contributed by atoms with Crippen molar-refractivity contribution in [2.45, 2.75) is 39.7 Å². The van der Waals surface area contributed by atoms with Crippen molar-refractivity contribution < 1.29 is 15.0 Å². The fourth-order valence-electron chi connectivity index (χ4n) is 0.963. The third kappa shape index (κ3) is 4.08. The number of allylic oxidation sites excluding steroid dienone is 1. The number of carboxylic acids is 1. The Bertz CT molecular complexity index is 194. The highest BCUT2D eigenvalue weighted by Crippen LogP contribution is 2.23. The van der Waals surface area contributed by atoms with E-state index in [1.807, 2.05) is 13.0 Å². The number of hydrogen-bond acceptors (Lipinski definition) is 2. The minimum absolute atomic E-state index is 0.693. The molecule has 0 radical (unpaired) electrons. The number of unbranched alkanes of at least 4 members (excludes halogenated alkanes) is 1. The summed E-state index contributed by atoms with van der Waals surface area (Å²) in [7, 11) is 0. The van der Waals surface area contributed by atoms with Crippen molar-refractivity contribution in [2.75, 3.05) is 0 Å². The minimum Gasteiger partial charge on any atom is -0.479 e. The van der Waals surface area contributed by atoms with E-state index in [2.05, 4.69) is 0 Å². The maximum Gasteiger partial charge on any atom is 0.333 e. The van der Waals surface area contributed by atoms with E-state index in [9.17, 15) is 9.90 Å². The zero-order valence-corrected chi connectivity index (χ0v) is 8.45. The summed E-state index contributed by atoms with van der Waals surface area (Å²) in [5.74, 6) is -1.17. The Morgan fingerprint density at radius 2 is 2.08 bits per heavy atom. The first-order chi connectivity index (χ1) is 5.91. The Kier molecular flexibility index (Phi) is 4.70. The first-order valence-corrected chi connectivity index (χ1v) is 4.50. The van der Waals surface area contributed by atoms with Crippen LogP contribution in [0.15, 0.2) is 12.2 Å². The topological polar surface area (TPSA) is 57.5 Å². The number of carboxylic acid groups (broad SMARTS) is 1. The standard InChI is InChI=1S/C10H18O3/c1-4-5-6-7-10(2,3)8(11)9(12)13/h6-8,11H,4-5H2,1-3H3,(H,12,13)/b7-6+. The molecule has 0 rings (SSSR count). The molecule has 2 N–H and O–H groups in total. The molecule has 0 saturated heterocycles. The monoisotopic (exact) mass is 186 g/mol. The Balaban J connectivity index is 4.29. The highest BCUT2D eigenvalue weighted by atomic mass is 16.4. The van der Waals surface area contributed by atoms with Gasteiger partial charge < -0.3 is 10.2 Å². The summed E-state index contributed by atoms with van der Waals surface area (Å²) in [4.78, 5) is 10.5. The van der Waals surface area contributed by atoms with Gasteiger partial charge in [0.05, 0.1) is 0 Å². The van der Waals surface area contributed by atoms with E-state index < -0.39 is 17.5 Å². The van der Waals surface area contributed by atoms with Crippen molar-refractivity contribution >= 4 is 5.97 Å². The fraction of sp³-hybridized carbons (Fsp3) is 0.700. The molecule has 0 heterocycles. The predicted octanol–water partition coefficient (Wildman–Crippen LogP) is 1.81. The molecule has 0 aromatic rings. The molecule has 0 amide bonds. The van der Waals surface area contributed by atoms with Gasteiger partial charge in [-0.15, -0.1) is 0 Å². The summed E-state index contributed by atoms with van der Waals surface area (Å²) < 4.78 is 0. The van der Waals surface area contributed by atoms with Gasteiger partial charge in [0.2, 0.25) is 0 Å². The van der Waals surface area contributed by atoms with E-state index in [0.29, 0.717) is 0 Å². The lowest BCUT2D eigenvalue weighted by atomic mass is 9.86. The van der Waals surface area contributed by atoms with Crippen LogP contribution in [-0.4, -0.2) is 22.3 Å². The van der Waals surface area contributed by atoms with Crippen molar-refractivity contribution in [1.29, 1.82) is 0 Å². The van der Waals surface area contributed by atoms with Gasteiger partial charge in [0, 0.05) is 5.41 Å². The Hall–Kier alpha value is -0.830. The molecule has 1 atom stereocenters. The predicted molar refractivity (Wildman–Crippen MR) is 51.5 cm³/mol. The third-order valence-corrected chi connectivity index (χ3v) is 1.94. The smallest absolute Gasteiger partial charge is 0.333 e. The second-order valence-electron chi connectivity index (χ2n) is 3.75. The second kappa shape index (κ2) is 5.02. The number of hydrogen-bond donors (Lipinski definition) is 2. The van der Waals surface area contributed by atoms with Gasteiger partial charge in [0.1, 0.15) is 0 Å². The summed E-state index contributed by atoms with van der Waals surface area (Å²) in [6.07, 6.45) is 4.27. The van der Waals surface area contributed by atoms with Crippen LogP contribution in [0.3, 0.4) is 0 Å². The zero-order chi connectivity index (χ0) is 10.5. The molecule has 0 fully saturated rings. The molecule has 1 unspecified atom stereocenters. The molecule has 76 valence electrons. The van der Waals surface area contributed by atoms with E-state index in [4.69, 9.17) is 5.11 Å². The molecule has 0 aromatic heterocycles. The molecule has 0 bridgehead atoms. The highest BCUT2D eigenvalue weighted by molar-refractivity contribution is 5.73. The SMILES string of the molecule is CCC/C=C/C(C)(C)C(O)C(=O)O. The molecule has 0 aromatic carbocycles. The summed E-state index contributed by atoms with van der Waals surface area (Å²) >= 11 is 0. The van der Waals surface area contributed by atoms with Crippen molar-refractivity contribution in [2.24, 2.45) is 5.41 Å². The molecule has 13 heavy (non-hydrogen) atoms. The number of aliphatic carboxylic acids is 1. The number of aliphatic hydroxyl groups excluding tert-OH is 1. The lowest BCUT2D eigenvalue weighted by Crippen LogP contribution is -2.34. The van der Waals surface area contributed by atoms with Gasteiger partial charge in [-0.25, -0.2) is 4.79 Å². The van der Waals surface area contributed by atoms with Crippen LogP contribution in [0.1, 0.15) is 33.6 Å². The Labute approximate surface area is 79.1 Å². The average molecular weight is 186 g/mol. The molecular weight excluding hydrogens is 168 g/mol. The van der Waals surface area contributed by atoms with Gasteiger partial charge in [0.15, 0.2) is 6.10 Å². The third-order valence-electron chi connectivity index (χ3n) is 1.94. The highest BCUT2D eigenvalue weighted by Gasteiger charge is 2.30. The fourth-order valence-corrected chi connectivity index (χ4v) is 0.963.